The number of carboxylic acids is 1. The molecule has 0 spiro atoms. The largest absolute Gasteiger partial charge is 0.501 e. The first kappa shape index (κ1) is 11.9. The fraction of sp³-hybridized carbons (Fsp3) is 0.111. The van der Waals surface area contributed by atoms with Crippen molar-refractivity contribution in [2.75, 3.05) is 0 Å². The molecule has 1 aromatic carbocycles. The van der Waals surface area contributed by atoms with E-state index in [1.165, 1.54) is 12.1 Å². The predicted molar refractivity (Wildman–Crippen MR) is 48.2 cm³/mol. The van der Waals surface area contributed by atoms with Crippen molar-refractivity contribution in [2.24, 2.45) is 5.73 Å². The highest BCUT2D eigenvalue weighted by atomic mass is 19.3. The van der Waals surface area contributed by atoms with Crippen molar-refractivity contribution >= 4 is 11.9 Å². The van der Waals surface area contributed by atoms with Gasteiger partial charge in [0.2, 0.25) is 5.91 Å². The zero-order chi connectivity index (χ0) is 12.3. The molecular weight excluding hydrogens is 224 g/mol. The van der Waals surface area contributed by atoms with Crippen LogP contribution >= 0.6 is 0 Å². The van der Waals surface area contributed by atoms with E-state index >= 15 is 0 Å². The molecule has 7 heteroatoms. The lowest BCUT2D eigenvalue weighted by molar-refractivity contribution is -0.210. The van der Waals surface area contributed by atoms with Crippen molar-refractivity contribution in [1.29, 1.82) is 0 Å². The third-order valence-corrected chi connectivity index (χ3v) is 1.61. The average Bonchev–Trinajstić information content (AvgIpc) is 2.17. The maximum Gasteiger partial charge on any atom is 0.501 e. The number of carboxylic acid groups (broad SMARTS) is 1. The van der Waals surface area contributed by atoms with Gasteiger partial charge >= 0.3 is 12.1 Å². The molecular formula is C9H7F2NO4. The van der Waals surface area contributed by atoms with Gasteiger partial charge in [0.1, 0.15) is 5.75 Å². The van der Waals surface area contributed by atoms with Gasteiger partial charge in [0.05, 0.1) is 0 Å². The number of hydrogen-bond acceptors (Lipinski definition) is 3. The highest BCUT2D eigenvalue weighted by Gasteiger charge is 2.42. The van der Waals surface area contributed by atoms with Gasteiger partial charge in [0.15, 0.2) is 0 Å². The van der Waals surface area contributed by atoms with Gasteiger partial charge in [-0.2, -0.15) is 8.78 Å². The highest BCUT2D eigenvalue weighted by molar-refractivity contribution is 5.93. The normalized spacial score (nSPS) is 10.9. The van der Waals surface area contributed by atoms with Gasteiger partial charge in [-0.25, -0.2) is 4.79 Å². The van der Waals surface area contributed by atoms with Gasteiger partial charge in [0.25, 0.3) is 0 Å². The molecule has 1 aromatic rings. The summed E-state index contributed by atoms with van der Waals surface area (Å²) in [6, 6.07) is 4.55. The third kappa shape index (κ3) is 2.66. The number of primary amides is 1. The van der Waals surface area contributed by atoms with Crippen LogP contribution in [0, 0.1) is 0 Å². The standard InChI is InChI=1S/C9H7F2NO4/c10-9(11,8(14)15)16-6-3-1-2-5(4-6)7(12)13/h1-4H,(H2,12,13)(H,14,15). The van der Waals surface area contributed by atoms with Gasteiger partial charge in [0, 0.05) is 5.56 Å². The SMILES string of the molecule is NC(=O)c1cccc(OC(F)(F)C(=O)O)c1. The second-order valence-corrected chi connectivity index (χ2v) is 2.82. The second-order valence-electron chi connectivity index (χ2n) is 2.82. The lowest BCUT2D eigenvalue weighted by Gasteiger charge is -2.13. The molecule has 0 radical (unpaired) electrons. The Kier molecular flexibility index (Phi) is 3.07. The molecule has 1 amide bonds. The maximum atomic E-state index is 12.6. The second kappa shape index (κ2) is 4.13. The van der Waals surface area contributed by atoms with Crippen molar-refractivity contribution in [1.82, 2.24) is 0 Å². The van der Waals surface area contributed by atoms with Crippen LogP contribution in [0.3, 0.4) is 0 Å². The van der Waals surface area contributed by atoms with Gasteiger partial charge in [-0.1, -0.05) is 6.07 Å². The molecule has 5 nitrogen and oxygen atoms in total. The first-order valence-electron chi connectivity index (χ1n) is 4.03. The topological polar surface area (TPSA) is 89.6 Å². The zero-order valence-electron chi connectivity index (χ0n) is 7.81. The minimum atomic E-state index is -4.35. The number of halogens is 2. The van der Waals surface area contributed by atoms with E-state index in [0.29, 0.717) is 0 Å². The molecule has 0 saturated heterocycles. The average molecular weight is 231 g/mol. The van der Waals surface area contributed by atoms with Crippen LogP contribution in [0.1, 0.15) is 10.4 Å². The van der Waals surface area contributed by atoms with Crippen LogP contribution in [-0.2, 0) is 4.79 Å². The molecule has 0 unspecified atom stereocenters. The van der Waals surface area contributed by atoms with Crippen molar-refractivity contribution in [3.8, 4) is 5.75 Å². The molecule has 0 aliphatic carbocycles. The minimum Gasteiger partial charge on any atom is -0.474 e. The lowest BCUT2D eigenvalue weighted by Crippen LogP contribution is -2.34. The summed E-state index contributed by atoms with van der Waals surface area (Å²) in [5, 5.41) is 8.11. The summed E-state index contributed by atoms with van der Waals surface area (Å²) in [5.41, 5.74) is 4.85. The van der Waals surface area contributed by atoms with Crippen LogP contribution in [0.5, 0.6) is 5.75 Å². The summed E-state index contributed by atoms with van der Waals surface area (Å²) in [4.78, 5) is 20.8. The van der Waals surface area contributed by atoms with Crippen LogP contribution in [0.25, 0.3) is 0 Å². The van der Waals surface area contributed by atoms with Gasteiger partial charge in [-0.15, -0.1) is 0 Å². The molecule has 0 heterocycles. The quantitative estimate of drug-likeness (QED) is 0.803. The summed E-state index contributed by atoms with van der Waals surface area (Å²) in [7, 11) is 0. The van der Waals surface area contributed by atoms with Crippen molar-refractivity contribution in [3.05, 3.63) is 29.8 Å². The fourth-order valence-corrected chi connectivity index (χ4v) is 0.905. The van der Waals surface area contributed by atoms with E-state index in [1.54, 1.807) is 0 Å². The lowest BCUT2D eigenvalue weighted by atomic mass is 10.2. The van der Waals surface area contributed by atoms with E-state index < -0.39 is 23.7 Å². The number of ether oxygens (including phenoxy) is 1. The molecule has 0 bridgehead atoms. The third-order valence-electron chi connectivity index (χ3n) is 1.61. The van der Waals surface area contributed by atoms with E-state index in [4.69, 9.17) is 10.8 Å². The Morgan fingerprint density at radius 2 is 2.00 bits per heavy atom. The number of nitrogens with two attached hydrogens (primary N) is 1. The van der Waals surface area contributed by atoms with Crippen molar-refractivity contribution < 1.29 is 28.2 Å². The van der Waals surface area contributed by atoms with Crippen LogP contribution < -0.4 is 10.5 Å². The van der Waals surface area contributed by atoms with Gasteiger partial charge in [-0.3, -0.25) is 4.79 Å². The molecule has 0 saturated carbocycles. The number of benzene rings is 1. The molecule has 0 fully saturated rings. The van der Waals surface area contributed by atoms with E-state index in [0.717, 1.165) is 12.1 Å². The molecule has 16 heavy (non-hydrogen) atoms. The summed E-state index contributed by atoms with van der Waals surface area (Å²) in [5.74, 6) is -3.70. The zero-order valence-corrected chi connectivity index (χ0v) is 7.81. The Bertz CT molecular complexity index is 433. The monoisotopic (exact) mass is 231 g/mol. The first-order valence-corrected chi connectivity index (χ1v) is 4.03. The summed E-state index contributed by atoms with van der Waals surface area (Å²) in [6.07, 6.45) is -4.35. The molecule has 1 rings (SSSR count). The number of carbonyl (C=O) groups is 2. The number of amides is 1. The predicted octanol–water partition coefficient (Wildman–Crippen LogP) is 0.842. The first-order chi connectivity index (χ1) is 7.33. The van der Waals surface area contributed by atoms with E-state index in [2.05, 4.69) is 4.74 Å². The number of aliphatic carboxylic acids is 1. The van der Waals surface area contributed by atoms with Gasteiger partial charge < -0.3 is 15.6 Å². The maximum absolute atomic E-state index is 12.6. The van der Waals surface area contributed by atoms with E-state index in [9.17, 15) is 18.4 Å². The Morgan fingerprint density at radius 3 is 2.50 bits per heavy atom. The van der Waals surface area contributed by atoms with Crippen molar-refractivity contribution in [3.63, 3.8) is 0 Å². The van der Waals surface area contributed by atoms with E-state index in [-0.39, 0.29) is 5.56 Å². The highest BCUT2D eigenvalue weighted by Crippen LogP contribution is 2.22. The number of rotatable bonds is 4. The Balaban J connectivity index is 2.94. The number of carbonyl (C=O) groups excluding carboxylic acids is 1. The minimum absolute atomic E-state index is 0.0568. The number of hydrogen-bond donors (Lipinski definition) is 2. The summed E-state index contributed by atoms with van der Waals surface area (Å²) in [6.45, 7) is 0. The number of alkyl halides is 2. The Morgan fingerprint density at radius 1 is 1.38 bits per heavy atom. The van der Waals surface area contributed by atoms with Crippen LogP contribution in [0.4, 0.5) is 8.78 Å². The van der Waals surface area contributed by atoms with Crippen LogP contribution in [0.15, 0.2) is 24.3 Å². The summed E-state index contributed by atoms with van der Waals surface area (Å²) < 4.78 is 29.2. The molecule has 0 aliphatic heterocycles. The smallest absolute Gasteiger partial charge is 0.474 e. The molecule has 0 aromatic heterocycles. The molecule has 86 valence electrons. The molecule has 0 atom stereocenters. The van der Waals surface area contributed by atoms with Crippen molar-refractivity contribution in [2.45, 2.75) is 6.11 Å². The molecule has 0 aliphatic rings. The Labute approximate surface area is 88.4 Å². The van der Waals surface area contributed by atoms with Crippen LogP contribution in [0.2, 0.25) is 0 Å². The fourth-order valence-electron chi connectivity index (χ4n) is 0.905. The summed E-state index contributed by atoms with van der Waals surface area (Å²) >= 11 is 0. The molecule has 3 N–H and O–H groups in total. The van der Waals surface area contributed by atoms with E-state index in [1.807, 2.05) is 0 Å². The van der Waals surface area contributed by atoms with Crippen LogP contribution in [-0.4, -0.2) is 23.1 Å². The Hall–Kier alpha value is -2.18. The van der Waals surface area contributed by atoms with Gasteiger partial charge in [-0.05, 0) is 18.2 Å².